The molecule has 2 aromatic heterocycles. The minimum atomic E-state index is 0.717. The molecule has 4 nitrogen and oxygen atoms in total. The van der Waals surface area contributed by atoms with Crippen molar-refractivity contribution in [1.29, 1.82) is 0 Å². The molecule has 1 unspecified atom stereocenters. The molecule has 3 aromatic rings. The summed E-state index contributed by atoms with van der Waals surface area (Å²) in [6.45, 7) is 11.0. The first-order valence-corrected chi connectivity index (χ1v) is 9.38. The van der Waals surface area contributed by atoms with E-state index in [1.54, 1.807) is 0 Å². The molecule has 132 valence electrons. The molecule has 0 radical (unpaired) electrons. The Balaban J connectivity index is 1.49. The highest BCUT2D eigenvalue weighted by atomic mass is 15.1. The maximum atomic E-state index is 4.36. The Kier molecular flexibility index (Phi) is 4.38. The lowest BCUT2D eigenvalue weighted by Gasteiger charge is -2.33. The number of aromatic nitrogens is 3. The Morgan fingerprint density at radius 3 is 2.92 bits per heavy atom. The van der Waals surface area contributed by atoms with Gasteiger partial charge < -0.3 is 9.55 Å². The van der Waals surface area contributed by atoms with Gasteiger partial charge >= 0.3 is 0 Å². The molecule has 0 saturated carbocycles. The zero-order chi connectivity index (χ0) is 17.4. The number of hydrogen-bond acceptors (Lipinski definition) is 2. The SMILES string of the molecule is Cc1ccc2c(CN3CCCC(Cn4ccnc4C)C3)c(C)[nH]c2c1. The van der Waals surface area contributed by atoms with Crippen LogP contribution >= 0.6 is 0 Å². The average Bonchev–Trinajstić information content (AvgIpc) is 3.11. The van der Waals surface area contributed by atoms with Gasteiger partial charge in [0.15, 0.2) is 0 Å². The number of hydrogen-bond donors (Lipinski definition) is 1. The lowest BCUT2D eigenvalue weighted by molar-refractivity contribution is 0.156. The molecule has 4 heteroatoms. The Morgan fingerprint density at radius 2 is 2.12 bits per heavy atom. The number of nitrogens with zero attached hydrogens (tertiary/aromatic N) is 3. The predicted molar refractivity (Wildman–Crippen MR) is 103 cm³/mol. The van der Waals surface area contributed by atoms with Crippen molar-refractivity contribution in [2.24, 2.45) is 5.92 Å². The van der Waals surface area contributed by atoms with Gasteiger partial charge in [0, 0.05) is 48.6 Å². The molecule has 4 rings (SSSR count). The summed E-state index contributed by atoms with van der Waals surface area (Å²) < 4.78 is 2.30. The van der Waals surface area contributed by atoms with Gasteiger partial charge in [-0.2, -0.15) is 0 Å². The quantitative estimate of drug-likeness (QED) is 0.775. The van der Waals surface area contributed by atoms with E-state index >= 15 is 0 Å². The molecule has 0 amide bonds. The van der Waals surface area contributed by atoms with Gasteiger partial charge in [-0.3, -0.25) is 4.90 Å². The van der Waals surface area contributed by atoms with E-state index < -0.39 is 0 Å². The number of H-pyrrole nitrogens is 1. The van der Waals surface area contributed by atoms with Crippen molar-refractivity contribution in [1.82, 2.24) is 19.4 Å². The molecule has 1 aromatic carbocycles. The van der Waals surface area contributed by atoms with Crippen LogP contribution in [0.1, 0.15) is 35.5 Å². The van der Waals surface area contributed by atoms with Gasteiger partial charge in [0.25, 0.3) is 0 Å². The van der Waals surface area contributed by atoms with Crippen molar-refractivity contribution in [2.75, 3.05) is 13.1 Å². The third kappa shape index (κ3) is 3.36. The largest absolute Gasteiger partial charge is 0.358 e. The predicted octanol–water partition coefficient (Wildman–Crippen LogP) is 4.20. The number of aromatic amines is 1. The molecule has 1 fully saturated rings. The summed E-state index contributed by atoms with van der Waals surface area (Å²) in [5.41, 5.74) is 5.37. The first-order valence-electron chi connectivity index (χ1n) is 9.38. The molecule has 25 heavy (non-hydrogen) atoms. The molecule has 1 N–H and O–H groups in total. The minimum Gasteiger partial charge on any atom is -0.358 e. The van der Waals surface area contributed by atoms with Gasteiger partial charge in [-0.25, -0.2) is 4.98 Å². The molecule has 1 atom stereocenters. The van der Waals surface area contributed by atoms with Gasteiger partial charge in [0.1, 0.15) is 5.82 Å². The number of aryl methyl sites for hydroxylation is 3. The van der Waals surface area contributed by atoms with Crippen molar-refractivity contribution in [2.45, 2.75) is 46.7 Å². The second kappa shape index (κ2) is 6.68. The summed E-state index contributed by atoms with van der Waals surface area (Å²) in [6.07, 6.45) is 6.63. The van der Waals surface area contributed by atoms with Gasteiger partial charge in [0.2, 0.25) is 0 Å². The molecule has 1 saturated heterocycles. The van der Waals surface area contributed by atoms with E-state index in [1.165, 1.54) is 53.7 Å². The van der Waals surface area contributed by atoms with E-state index in [2.05, 4.69) is 64.6 Å². The van der Waals surface area contributed by atoms with Crippen LogP contribution in [0.5, 0.6) is 0 Å². The number of likely N-dealkylation sites (tertiary alicyclic amines) is 1. The fraction of sp³-hybridized carbons (Fsp3) is 0.476. The van der Waals surface area contributed by atoms with Crippen LogP contribution in [0.15, 0.2) is 30.6 Å². The van der Waals surface area contributed by atoms with E-state index in [9.17, 15) is 0 Å². The van der Waals surface area contributed by atoms with Crippen LogP contribution in [0.4, 0.5) is 0 Å². The van der Waals surface area contributed by atoms with Gasteiger partial charge in [0.05, 0.1) is 0 Å². The minimum absolute atomic E-state index is 0.717. The molecule has 1 aliphatic rings. The highest BCUT2D eigenvalue weighted by Gasteiger charge is 2.22. The summed E-state index contributed by atoms with van der Waals surface area (Å²) in [5.74, 6) is 1.84. The van der Waals surface area contributed by atoms with Crippen molar-refractivity contribution in [3.8, 4) is 0 Å². The number of benzene rings is 1. The van der Waals surface area contributed by atoms with Crippen LogP contribution in [0.3, 0.4) is 0 Å². The van der Waals surface area contributed by atoms with E-state index in [0.29, 0.717) is 0 Å². The van der Waals surface area contributed by atoms with Crippen molar-refractivity contribution >= 4 is 10.9 Å². The Labute approximate surface area is 149 Å². The fourth-order valence-electron chi connectivity index (χ4n) is 4.25. The fourth-order valence-corrected chi connectivity index (χ4v) is 4.25. The van der Waals surface area contributed by atoms with E-state index in [-0.39, 0.29) is 0 Å². The summed E-state index contributed by atoms with van der Waals surface area (Å²) in [4.78, 5) is 10.6. The normalized spacial score (nSPS) is 18.9. The molecule has 3 heterocycles. The highest BCUT2D eigenvalue weighted by molar-refractivity contribution is 5.85. The standard InChI is InChI=1S/C21H28N4/c1-15-6-7-19-20(16(2)23-21(19)11-15)14-24-9-4-5-18(12-24)13-25-10-8-22-17(25)3/h6-8,10-11,18,23H,4-5,9,12-14H2,1-3H3. The Morgan fingerprint density at radius 1 is 1.24 bits per heavy atom. The second-order valence-corrected chi connectivity index (χ2v) is 7.65. The lowest BCUT2D eigenvalue weighted by Crippen LogP contribution is -2.36. The van der Waals surface area contributed by atoms with Crippen molar-refractivity contribution < 1.29 is 0 Å². The zero-order valence-corrected chi connectivity index (χ0v) is 15.5. The van der Waals surface area contributed by atoms with Crippen LogP contribution in [-0.2, 0) is 13.1 Å². The van der Waals surface area contributed by atoms with Crippen molar-refractivity contribution in [3.05, 3.63) is 53.2 Å². The van der Waals surface area contributed by atoms with Crippen molar-refractivity contribution in [3.63, 3.8) is 0 Å². The third-order valence-corrected chi connectivity index (χ3v) is 5.64. The first-order chi connectivity index (χ1) is 12.1. The highest BCUT2D eigenvalue weighted by Crippen LogP contribution is 2.27. The van der Waals surface area contributed by atoms with E-state index in [1.807, 2.05) is 6.20 Å². The zero-order valence-electron chi connectivity index (χ0n) is 15.5. The maximum absolute atomic E-state index is 4.36. The number of nitrogens with one attached hydrogen (secondary N) is 1. The molecular weight excluding hydrogens is 308 g/mol. The number of fused-ring (bicyclic) bond motifs is 1. The van der Waals surface area contributed by atoms with Crippen LogP contribution < -0.4 is 0 Å². The molecule has 0 bridgehead atoms. The molecule has 0 aliphatic carbocycles. The summed E-state index contributed by atoms with van der Waals surface area (Å²) in [6, 6.07) is 6.76. The van der Waals surface area contributed by atoms with Crippen LogP contribution in [0.2, 0.25) is 0 Å². The lowest BCUT2D eigenvalue weighted by atomic mass is 9.97. The van der Waals surface area contributed by atoms with Crippen LogP contribution in [0.25, 0.3) is 10.9 Å². The Bertz CT molecular complexity index is 873. The maximum Gasteiger partial charge on any atom is 0.105 e. The van der Waals surface area contributed by atoms with Crippen LogP contribution in [0, 0.1) is 26.7 Å². The van der Waals surface area contributed by atoms with Gasteiger partial charge in [-0.15, -0.1) is 0 Å². The summed E-state index contributed by atoms with van der Waals surface area (Å²) in [5, 5.41) is 1.38. The Hall–Kier alpha value is -2.07. The van der Waals surface area contributed by atoms with Gasteiger partial charge in [-0.1, -0.05) is 12.1 Å². The van der Waals surface area contributed by atoms with E-state index in [0.717, 1.165) is 24.8 Å². The summed E-state index contributed by atoms with van der Waals surface area (Å²) >= 11 is 0. The molecular formula is C21H28N4. The average molecular weight is 336 g/mol. The monoisotopic (exact) mass is 336 g/mol. The first kappa shape index (κ1) is 16.4. The number of rotatable bonds is 4. The number of piperidine rings is 1. The number of imidazole rings is 1. The smallest absolute Gasteiger partial charge is 0.105 e. The third-order valence-electron chi connectivity index (χ3n) is 5.64. The van der Waals surface area contributed by atoms with E-state index in [4.69, 9.17) is 0 Å². The topological polar surface area (TPSA) is 36.9 Å². The second-order valence-electron chi connectivity index (χ2n) is 7.65. The van der Waals surface area contributed by atoms with Gasteiger partial charge in [-0.05, 0) is 63.3 Å². The summed E-state index contributed by atoms with van der Waals surface area (Å²) in [7, 11) is 0. The van der Waals surface area contributed by atoms with Crippen LogP contribution in [-0.4, -0.2) is 32.5 Å². The molecule has 0 spiro atoms. The molecule has 1 aliphatic heterocycles.